The quantitative estimate of drug-likeness (QED) is 0.663. The number of hydrogen-bond donors (Lipinski definition) is 1. The van der Waals surface area contributed by atoms with Gasteiger partial charge in [0.05, 0.1) is 16.4 Å². The van der Waals surface area contributed by atoms with Crippen molar-refractivity contribution in [2.24, 2.45) is 11.7 Å². The van der Waals surface area contributed by atoms with Crippen molar-refractivity contribution in [3.63, 3.8) is 0 Å². The monoisotopic (exact) mass is 410 g/mol. The van der Waals surface area contributed by atoms with E-state index < -0.39 is 0 Å². The first-order chi connectivity index (χ1) is 9.11. The molecule has 0 saturated heterocycles. The topological polar surface area (TPSA) is 38.5 Å². The summed E-state index contributed by atoms with van der Waals surface area (Å²) in [4.78, 5) is 3.56. The van der Waals surface area contributed by atoms with Crippen molar-refractivity contribution < 1.29 is 4.74 Å². The third-order valence-corrected chi connectivity index (χ3v) is 6.74. The van der Waals surface area contributed by atoms with Gasteiger partial charge in [0.25, 0.3) is 0 Å². The SMILES string of the molecule is CN(CCOCC1CC1)C(CN)c1cc(Br)c(Br)s1. The molecular weight excluding hydrogens is 392 g/mol. The van der Waals surface area contributed by atoms with Crippen LogP contribution in [0.5, 0.6) is 0 Å². The van der Waals surface area contributed by atoms with E-state index in [4.69, 9.17) is 10.5 Å². The van der Waals surface area contributed by atoms with Gasteiger partial charge in [0.15, 0.2) is 0 Å². The third kappa shape index (κ3) is 4.79. The summed E-state index contributed by atoms with van der Waals surface area (Å²) in [7, 11) is 2.11. The predicted octanol–water partition coefficient (Wildman–Crippen LogP) is 3.63. The Kier molecular flexibility index (Phi) is 6.30. The van der Waals surface area contributed by atoms with Crippen LogP contribution in [0.4, 0.5) is 0 Å². The lowest BCUT2D eigenvalue weighted by molar-refractivity contribution is 0.0927. The summed E-state index contributed by atoms with van der Waals surface area (Å²) >= 11 is 8.80. The molecule has 1 aliphatic carbocycles. The third-order valence-electron chi connectivity index (χ3n) is 3.39. The van der Waals surface area contributed by atoms with E-state index >= 15 is 0 Å². The highest BCUT2D eigenvalue weighted by Crippen LogP contribution is 2.36. The maximum Gasteiger partial charge on any atom is 0.0843 e. The fourth-order valence-corrected chi connectivity index (χ4v) is 4.21. The van der Waals surface area contributed by atoms with Crippen molar-refractivity contribution in [1.29, 1.82) is 0 Å². The smallest absolute Gasteiger partial charge is 0.0843 e. The second kappa shape index (κ2) is 7.52. The van der Waals surface area contributed by atoms with E-state index in [0.29, 0.717) is 6.54 Å². The summed E-state index contributed by atoms with van der Waals surface area (Å²) in [5.74, 6) is 0.833. The van der Waals surface area contributed by atoms with E-state index in [1.807, 2.05) is 0 Å². The van der Waals surface area contributed by atoms with E-state index in [9.17, 15) is 0 Å². The van der Waals surface area contributed by atoms with E-state index in [2.05, 4.69) is 49.9 Å². The molecule has 1 atom stereocenters. The summed E-state index contributed by atoms with van der Waals surface area (Å²) in [5.41, 5.74) is 5.92. The lowest BCUT2D eigenvalue weighted by Crippen LogP contribution is -2.32. The Morgan fingerprint density at radius 2 is 2.26 bits per heavy atom. The molecule has 2 N–H and O–H groups in total. The highest BCUT2D eigenvalue weighted by atomic mass is 79.9. The van der Waals surface area contributed by atoms with Gasteiger partial charge in [-0.25, -0.2) is 0 Å². The fourth-order valence-electron chi connectivity index (χ4n) is 1.94. The van der Waals surface area contributed by atoms with E-state index in [1.54, 1.807) is 11.3 Å². The van der Waals surface area contributed by atoms with Crippen molar-refractivity contribution in [2.75, 3.05) is 33.4 Å². The van der Waals surface area contributed by atoms with Crippen LogP contribution in [0, 0.1) is 5.92 Å². The number of likely N-dealkylation sites (N-methyl/N-ethyl adjacent to an activating group) is 1. The number of hydrogen-bond acceptors (Lipinski definition) is 4. The standard InChI is InChI=1S/C13H20Br2N2OS/c1-17(4-5-18-8-9-2-3-9)11(7-16)12-6-10(14)13(15)19-12/h6,9,11H,2-5,7-8,16H2,1H3. The second-order valence-corrected chi connectivity index (χ2v) is 8.28. The molecule has 1 aromatic rings. The van der Waals surface area contributed by atoms with Crippen molar-refractivity contribution in [2.45, 2.75) is 18.9 Å². The molecule has 0 aromatic carbocycles. The number of nitrogens with zero attached hydrogens (tertiary/aromatic N) is 1. The van der Waals surface area contributed by atoms with Crippen LogP contribution in [0.3, 0.4) is 0 Å². The fraction of sp³-hybridized carbons (Fsp3) is 0.692. The largest absolute Gasteiger partial charge is 0.380 e. The Morgan fingerprint density at radius 1 is 1.53 bits per heavy atom. The van der Waals surface area contributed by atoms with Gasteiger partial charge in [-0.2, -0.15) is 0 Å². The average Bonchev–Trinajstić information content (AvgIpc) is 3.13. The molecule has 6 heteroatoms. The Morgan fingerprint density at radius 3 is 2.79 bits per heavy atom. The lowest BCUT2D eigenvalue weighted by Gasteiger charge is -2.25. The van der Waals surface area contributed by atoms with Gasteiger partial charge in [0.1, 0.15) is 0 Å². The number of ether oxygens (including phenoxy) is 1. The summed E-state index contributed by atoms with van der Waals surface area (Å²) in [6, 6.07) is 2.41. The van der Waals surface area contributed by atoms with Crippen LogP contribution in [0.25, 0.3) is 0 Å². The summed E-state index contributed by atoms with van der Waals surface area (Å²) in [6.45, 7) is 3.26. The molecule has 1 fully saturated rings. The second-order valence-electron chi connectivity index (χ2n) is 5.02. The highest BCUT2D eigenvalue weighted by molar-refractivity contribution is 9.13. The maximum atomic E-state index is 5.92. The van der Waals surface area contributed by atoms with Crippen LogP contribution in [0.15, 0.2) is 14.3 Å². The molecule has 2 rings (SSSR count). The average molecular weight is 412 g/mol. The number of thiophene rings is 1. The minimum atomic E-state index is 0.261. The van der Waals surface area contributed by atoms with Gasteiger partial charge < -0.3 is 10.5 Å². The van der Waals surface area contributed by atoms with Crippen molar-refractivity contribution in [3.8, 4) is 0 Å². The summed E-state index contributed by atoms with van der Waals surface area (Å²) < 4.78 is 7.92. The predicted molar refractivity (Wildman–Crippen MR) is 87.7 cm³/mol. The first-order valence-electron chi connectivity index (χ1n) is 6.54. The molecule has 1 unspecified atom stereocenters. The van der Waals surface area contributed by atoms with Gasteiger partial charge >= 0.3 is 0 Å². The normalized spacial score (nSPS) is 17.1. The Bertz CT molecular complexity index is 390. The van der Waals surface area contributed by atoms with E-state index in [1.165, 1.54) is 17.7 Å². The molecular formula is C13H20Br2N2OS. The number of nitrogens with two attached hydrogens (primary N) is 1. The minimum Gasteiger partial charge on any atom is -0.380 e. The van der Waals surface area contributed by atoms with E-state index in [-0.39, 0.29) is 6.04 Å². The van der Waals surface area contributed by atoms with Crippen LogP contribution < -0.4 is 5.73 Å². The maximum absolute atomic E-state index is 5.92. The molecule has 19 heavy (non-hydrogen) atoms. The zero-order valence-corrected chi connectivity index (χ0v) is 15.1. The van der Waals surface area contributed by atoms with Gasteiger partial charge in [-0.15, -0.1) is 11.3 Å². The van der Waals surface area contributed by atoms with Crippen LogP contribution in [-0.4, -0.2) is 38.3 Å². The Balaban J connectivity index is 1.81. The molecule has 0 spiro atoms. The van der Waals surface area contributed by atoms with Gasteiger partial charge in [0.2, 0.25) is 0 Å². The van der Waals surface area contributed by atoms with Gasteiger partial charge in [-0.1, -0.05) is 0 Å². The van der Waals surface area contributed by atoms with E-state index in [0.717, 1.165) is 33.9 Å². The van der Waals surface area contributed by atoms with Gasteiger partial charge in [0, 0.05) is 29.0 Å². The molecule has 0 bridgehead atoms. The number of halogens is 2. The summed E-state index contributed by atoms with van der Waals surface area (Å²) in [5, 5.41) is 0. The Hall–Kier alpha value is 0.540. The Labute approximate surface area is 135 Å². The molecule has 0 amide bonds. The first-order valence-corrected chi connectivity index (χ1v) is 8.94. The van der Waals surface area contributed by atoms with Crippen LogP contribution in [0.1, 0.15) is 23.8 Å². The van der Waals surface area contributed by atoms with Gasteiger partial charge in [-0.05, 0) is 63.7 Å². The van der Waals surface area contributed by atoms with Crippen molar-refractivity contribution in [1.82, 2.24) is 4.90 Å². The molecule has 1 aromatic heterocycles. The molecule has 108 valence electrons. The van der Waals surface area contributed by atoms with Crippen LogP contribution >= 0.6 is 43.2 Å². The van der Waals surface area contributed by atoms with Gasteiger partial charge in [-0.3, -0.25) is 4.90 Å². The molecule has 1 heterocycles. The van der Waals surface area contributed by atoms with Crippen LogP contribution in [0.2, 0.25) is 0 Å². The van der Waals surface area contributed by atoms with Crippen molar-refractivity contribution in [3.05, 3.63) is 19.2 Å². The zero-order valence-electron chi connectivity index (χ0n) is 11.1. The highest BCUT2D eigenvalue weighted by Gasteiger charge is 2.22. The zero-order chi connectivity index (χ0) is 13.8. The molecule has 0 radical (unpaired) electrons. The first kappa shape index (κ1) is 15.9. The lowest BCUT2D eigenvalue weighted by atomic mass is 10.2. The molecule has 1 aliphatic rings. The van der Waals surface area contributed by atoms with Crippen molar-refractivity contribution >= 4 is 43.2 Å². The number of rotatable bonds is 8. The summed E-state index contributed by atoms with van der Waals surface area (Å²) in [6.07, 6.45) is 2.69. The molecule has 1 saturated carbocycles. The molecule has 3 nitrogen and oxygen atoms in total. The minimum absolute atomic E-state index is 0.261. The van der Waals surface area contributed by atoms with Crippen LogP contribution in [-0.2, 0) is 4.74 Å². The molecule has 0 aliphatic heterocycles.